The molecular weight excluding hydrogens is 422 g/mol. The Hall–Kier alpha value is -2.32. The first-order valence-corrected chi connectivity index (χ1v) is 12.0. The maximum absolute atomic E-state index is 13.8. The third-order valence-corrected chi connectivity index (χ3v) is 7.48. The molecule has 0 bridgehead atoms. The third-order valence-electron chi connectivity index (χ3n) is 5.57. The van der Waals surface area contributed by atoms with E-state index in [0.717, 1.165) is 49.4 Å². The van der Waals surface area contributed by atoms with Crippen LogP contribution in [-0.2, 0) is 21.2 Å². The van der Waals surface area contributed by atoms with E-state index in [9.17, 15) is 22.0 Å². The molecule has 8 heteroatoms. The van der Waals surface area contributed by atoms with E-state index in [-0.39, 0.29) is 22.8 Å². The van der Waals surface area contributed by atoms with Gasteiger partial charge in [0.25, 0.3) is 0 Å². The van der Waals surface area contributed by atoms with Crippen molar-refractivity contribution in [1.82, 2.24) is 9.62 Å². The fourth-order valence-electron chi connectivity index (χ4n) is 3.75. The molecule has 1 atom stereocenters. The molecule has 1 aliphatic heterocycles. The van der Waals surface area contributed by atoms with Crippen molar-refractivity contribution in [3.05, 3.63) is 65.2 Å². The zero-order valence-corrected chi connectivity index (χ0v) is 18.4. The predicted molar refractivity (Wildman–Crippen MR) is 115 cm³/mol. The number of carbonyl (C=O) groups is 1. The summed E-state index contributed by atoms with van der Waals surface area (Å²) in [6.07, 6.45) is 4.43. The summed E-state index contributed by atoms with van der Waals surface area (Å²) in [6.45, 7) is 2.70. The molecule has 1 saturated heterocycles. The second kappa shape index (κ2) is 10.3. The van der Waals surface area contributed by atoms with Gasteiger partial charge in [0.15, 0.2) is 0 Å². The second-order valence-corrected chi connectivity index (χ2v) is 9.86. The Labute approximate surface area is 182 Å². The molecule has 3 rings (SSSR count). The number of aryl methyl sites for hydroxylation is 1. The van der Waals surface area contributed by atoms with E-state index < -0.39 is 27.7 Å². The summed E-state index contributed by atoms with van der Waals surface area (Å²) >= 11 is 0. The van der Waals surface area contributed by atoms with Gasteiger partial charge in [0.05, 0.1) is 10.9 Å². The van der Waals surface area contributed by atoms with Gasteiger partial charge in [-0.2, -0.15) is 4.31 Å². The molecule has 1 amide bonds. The zero-order chi connectivity index (χ0) is 22.4. The smallest absolute Gasteiger partial charge is 0.243 e. The first kappa shape index (κ1) is 23.3. The van der Waals surface area contributed by atoms with Crippen LogP contribution in [-0.4, -0.2) is 31.7 Å². The average molecular weight is 451 g/mol. The lowest BCUT2D eigenvalue weighted by molar-refractivity contribution is -0.121. The Kier molecular flexibility index (Phi) is 7.78. The normalized spacial score (nSPS) is 16.5. The molecule has 2 aromatic rings. The standard InChI is InChI=1S/C23H28F2N2O3S/c1-17(21-16-19(24)9-12-22(21)25)26-23(28)13-8-18-6-10-20(11-7-18)31(29,30)27-14-4-2-3-5-15-27/h6-7,9-12,16-17H,2-5,8,13-15H2,1H3,(H,26,28). The highest BCUT2D eigenvalue weighted by Crippen LogP contribution is 2.21. The van der Waals surface area contributed by atoms with Gasteiger partial charge in [0, 0.05) is 25.1 Å². The van der Waals surface area contributed by atoms with Gasteiger partial charge in [0.1, 0.15) is 11.6 Å². The van der Waals surface area contributed by atoms with Gasteiger partial charge in [-0.1, -0.05) is 25.0 Å². The minimum atomic E-state index is -3.50. The minimum absolute atomic E-state index is 0.0939. The van der Waals surface area contributed by atoms with Crippen LogP contribution in [0.15, 0.2) is 47.4 Å². The van der Waals surface area contributed by atoms with Crippen molar-refractivity contribution >= 4 is 15.9 Å². The second-order valence-electron chi connectivity index (χ2n) is 7.92. The van der Waals surface area contributed by atoms with Crippen LogP contribution in [0.2, 0.25) is 0 Å². The minimum Gasteiger partial charge on any atom is -0.349 e. The number of nitrogens with zero attached hydrogens (tertiary/aromatic N) is 1. The van der Waals surface area contributed by atoms with Crippen LogP contribution in [0.3, 0.4) is 0 Å². The molecular formula is C23H28F2N2O3S. The average Bonchev–Trinajstić information content (AvgIpc) is 3.04. The fourth-order valence-corrected chi connectivity index (χ4v) is 5.27. The number of halogens is 2. The topological polar surface area (TPSA) is 66.5 Å². The molecule has 1 unspecified atom stereocenters. The fraction of sp³-hybridized carbons (Fsp3) is 0.435. The summed E-state index contributed by atoms with van der Waals surface area (Å²) in [5.41, 5.74) is 0.922. The van der Waals surface area contributed by atoms with Gasteiger partial charge >= 0.3 is 0 Å². The van der Waals surface area contributed by atoms with Crippen molar-refractivity contribution in [2.24, 2.45) is 0 Å². The molecule has 0 radical (unpaired) electrons. The Balaban J connectivity index is 1.56. The first-order chi connectivity index (χ1) is 14.8. The van der Waals surface area contributed by atoms with Crippen molar-refractivity contribution < 1.29 is 22.0 Å². The number of hydrogen-bond acceptors (Lipinski definition) is 3. The summed E-state index contributed by atoms with van der Waals surface area (Å²) in [7, 11) is -3.50. The molecule has 1 aliphatic rings. The van der Waals surface area contributed by atoms with Gasteiger partial charge in [-0.05, 0) is 62.1 Å². The van der Waals surface area contributed by atoms with Crippen molar-refractivity contribution in [3.8, 4) is 0 Å². The lowest BCUT2D eigenvalue weighted by Gasteiger charge is -2.20. The van der Waals surface area contributed by atoms with E-state index in [1.807, 2.05) is 0 Å². The Bertz CT molecular complexity index is 1000. The molecule has 2 aromatic carbocycles. The molecule has 168 valence electrons. The van der Waals surface area contributed by atoms with E-state index >= 15 is 0 Å². The lowest BCUT2D eigenvalue weighted by Crippen LogP contribution is -2.31. The number of amides is 1. The molecule has 0 aliphatic carbocycles. The van der Waals surface area contributed by atoms with E-state index in [2.05, 4.69) is 5.32 Å². The van der Waals surface area contributed by atoms with Gasteiger partial charge in [-0.15, -0.1) is 0 Å². The van der Waals surface area contributed by atoms with Crippen molar-refractivity contribution in [2.75, 3.05) is 13.1 Å². The highest BCUT2D eigenvalue weighted by molar-refractivity contribution is 7.89. The lowest BCUT2D eigenvalue weighted by atomic mass is 10.1. The number of sulfonamides is 1. The SMILES string of the molecule is CC(NC(=O)CCc1ccc(S(=O)(=O)N2CCCCCC2)cc1)c1cc(F)ccc1F. The predicted octanol–water partition coefficient (Wildman–Crippen LogP) is 4.34. The highest BCUT2D eigenvalue weighted by atomic mass is 32.2. The highest BCUT2D eigenvalue weighted by Gasteiger charge is 2.25. The van der Waals surface area contributed by atoms with Crippen LogP contribution in [0.4, 0.5) is 8.78 Å². The summed E-state index contributed by atoms with van der Waals surface area (Å²) < 4.78 is 54.4. The van der Waals surface area contributed by atoms with Crippen LogP contribution in [0, 0.1) is 11.6 Å². The van der Waals surface area contributed by atoms with Crippen molar-refractivity contribution in [2.45, 2.75) is 56.4 Å². The van der Waals surface area contributed by atoms with Gasteiger partial charge < -0.3 is 5.32 Å². The Morgan fingerprint density at radius 2 is 1.68 bits per heavy atom. The molecule has 1 fully saturated rings. The van der Waals surface area contributed by atoms with Crippen molar-refractivity contribution in [3.63, 3.8) is 0 Å². The Morgan fingerprint density at radius 3 is 2.32 bits per heavy atom. The monoisotopic (exact) mass is 450 g/mol. The molecule has 0 spiro atoms. The van der Waals surface area contributed by atoms with Gasteiger partial charge in [0.2, 0.25) is 15.9 Å². The number of hydrogen-bond donors (Lipinski definition) is 1. The summed E-state index contributed by atoms with van der Waals surface area (Å²) in [6, 6.07) is 9.07. The van der Waals surface area contributed by atoms with Crippen LogP contribution in [0.25, 0.3) is 0 Å². The van der Waals surface area contributed by atoms with E-state index in [1.165, 1.54) is 0 Å². The maximum Gasteiger partial charge on any atom is 0.243 e. The number of carbonyl (C=O) groups excluding carboxylic acids is 1. The summed E-state index contributed by atoms with van der Waals surface area (Å²) in [5.74, 6) is -1.43. The number of rotatable bonds is 7. The van der Waals surface area contributed by atoms with Crippen molar-refractivity contribution in [1.29, 1.82) is 0 Å². The van der Waals surface area contributed by atoms with Crippen LogP contribution in [0.5, 0.6) is 0 Å². The molecule has 1 N–H and O–H groups in total. The van der Waals surface area contributed by atoms with Crippen LogP contribution >= 0.6 is 0 Å². The van der Waals surface area contributed by atoms with Gasteiger partial charge in [-0.25, -0.2) is 17.2 Å². The van der Waals surface area contributed by atoms with Crippen LogP contribution < -0.4 is 5.32 Å². The first-order valence-electron chi connectivity index (χ1n) is 10.6. The molecule has 31 heavy (non-hydrogen) atoms. The molecule has 5 nitrogen and oxygen atoms in total. The molecule has 1 heterocycles. The van der Waals surface area contributed by atoms with E-state index in [1.54, 1.807) is 35.5 Å². The maximum atomic E-state index is 13.8. The summed E-state index contributed by atoms with van der Waals surface area (Å²) in [5, 5.41) is 2.67. The number of nitrogens with one attached hydrogen (secondary N) is 1. The van der Waals surface area contributed by atoms with Crippen LogP contribution in [0.1, 0.15) is 56.2 Å². The molecule has 0 aromatic heterocycles. The van der Waals surface area contributed by atoms with Gasteiger partial charge in [-0.3, -0.25) is 4.79 Å². The largest absolute Gasteiger partial charge is 0.349 e. The summed E-state index contributed by atoms with van der Waals surface area (Å²) in [4.78, 5) is 12.5. The quantitative estimate of drug-likeness (QED) is 0.683. The third kappa shape index (κ3) is 6.11. The van der Waals surface area contributed by atoms with E-state index in [4.69, 9.17) is 0 Å². The zero-order valence-electron chi connectivity index (χ0n) is 17.6. The Morgan fingerprint density at radius 1 is 1.03 bits per heavy atom. The molecule has 0 saturated carbocycles. The number of benzene rings is 2. The van der Waals surface area contributed by atoms with E-state index in [0.29, 0.717) is 19.5 Å².